The topological polar surface area (TPSA) is 55.4 Å². The minimum absolute atomic E-state index is 0.0336. The van der Waals surface area contributed by atoms with E-state index < -0.39 is 6.10 Å². The molecule has 1 aromatic rings. The van der Waals surface area contributed by atoms with Crippen molar-refractivity contribution in [2.24, 2.45) is 0 Å². The van der Waals surface area contributed by atoms with E-state index in [1.165, 1.54) is 18.9 Å². The largest absolute Gasteiger partial charge is 0.367 e. The van der Waals surface area contributed by atoms with Crippen LogP contribution in [-0.4, -0.2) is 29.9 Å². The van der Waals surface area contributed by atoms with Crippen molar-refractivity contribution in [2.75, 3.05) is 12.9 Å². The smallest absolute Gasteiger partial charge is 0.254 e. The normalized spacial score (nSPS) is 20.7. The Morgan fingerprint density at radius 2 is 2.17 bits per heavy atom. The fraction of sp³-hybridized carbons (Fsp3) is 0.385. The van der Waals surface area contributed by atoms with Crippen LogP contribution >= 0.6 is 11.8 Å². The van der Waals surface area contributed by atoms with E-state index in [-0.39, 0.29) is 17.1 Å². The number of nitrogens with one attached hydrogen (secondary N) is 1. The lowest BCUT2D eigenvalue weighted by atomic mass is 10.1. The van der Waals surface area contributed by atoms with Crippen LogP contribution in [0, 0.1) is 0 Å². The Labute approximate surface area is 110 Å². The predicted octanol–water partition coefficient (Wildman–Crippen LogP) is 1.52. The molecule has 2 rings (SSSR count). The Kier molecular flexibility index (Phi) is 4.38. The van der Waals surface area contributed by atoms with Gasteiger partial charge in [-0.3, -0.25) is 9.59 Å². The third-order valence-corrected chi connectivity index (χ3v) is 3.84. The van der Waals surface area contributed by atoms with Crippen LogP contribution in [0.2, 0.25) is 0 Å². The molecule has 1 aliphatic heterocycles. The molecular weight excluding hydrogens is 250 g/mol. The molecule has 1 unspecified atom stereocenters. The molecule has 1 aliphatic rings. The molecular formula is C13H15NO3S. The summed E-state index contributed by atoms with van der Waals surface area (Å²) in [6.07, 6.45) is 0.0325. The van der Waals surface area contributed by atoms with Gasteiger partial charge in [0.15, 0.2) is 6.10 Å². The third kappa shape index (κ3) is 2.91. The van der Waals surface area contributed by atoms with Crippen molar-refractivity contribution in [3.05, 3.63) is 35.9 Å². The van der Waals surface area contributed by atoms with Crippen LogP contribution in [0.5, 0.6) is 0 Å². The summed E-state index contributed by atoms with van der Waals surface area (Å²) in [5.74, 6) is 0.511. The Balaban J connectivity index is 2.04. The van der Waals surface area contributed by atoms with E-state index in [1.807, 2.05) is 30.3 Å². The van der Waals surface area contributed by atoms with Gasteiger partial charge in [-0.1, -0.05) is 42.1 Å². The summed E-state index contributed by atoms with van der Waals surface area (Å²) in [4.78, 5) is 23.5. The number of ether oxygens (including phenoxy) is 1. The Morgan fingerprint density at radius 3 is 2.72 bits per heavy atom. The zero-order valence-corrected chi connectivity index (χ0v) is 10.9. The summed E-state index contributed by atoms with van der Waals surface area (Å²) in [6.45, 7) is 0. The maximum Gasteiger partial charge on any atom is 0.254 e. The van der Waals surface area contributed by atoms with E-state index in [0.717, 1.165) is 11.3 Å². The maximum absolute atomic E-state index is 12.1. The second kappa shape index (κ2) is 6.02. The fourth-order valence-electron chi connectivity index (χ4n) is 1.90. The second-order valence-electron chi connectivity index (χ2n) is 4.04. The summed E-state index contributed by atoms with van der Waals surface area (Å²) >= 11 is 1.27. The van der Waals surface area contributed by atoms with Crippen molar-refractivity contribution in [3.8, 4) is 0 Å². The van der Waals surface area contributed by atoms with Crippen LogP contribution in [0.15, 0.2) is 30.3 Å². The number of thioether (sulfide) groups is 1. The van der Waals surface area contributed by atoms with Gasteiger partial charge in [0, 0.05) is 12.9 Å². The third-order valence-electron chi connectivity index (χ3n) is 2.83. The van der Waals surface area contributed by atoms with Crippen molar-refractivity contribution in [1.82, 2.24) is 5.32 Å². The molecule has 1 aromatic carbocycles. The highest BCUT2D eigenvalue weighted by Crippen LogP contribution is 2.22. The standard InChI is InChI=1S/C13H15NO3S/c1-17-11(9-5-3-2-4-6-9)12(15)14-10-7-8-18-13(10)16/h2-6,10-11H,7-8H2,1H3,(H,14,15)/t10?,11-/m0/s1. The van der Waals surface area contributed by atoms with Crippen LogP contribution in [0.1, 0.15) is 18.1 Å². The number of rotatable bonds is 4. The highest BCUT2D eigenvalue weighted by Gasteiger charge is 2.29. The molecule has 0 spiro atoms. The fourth-order valence-corrected chi connectivity index (χ4v) is 2.83. The number of carbonyl (C=O) groups is 2. The molecule has 18 heavy (non-hydrogen) atoms. The lowest BCUT2D eigenvalue weighted by Crippen LogP contribution is -2.40. The zero-order valence-electron chi connectivity index (χ0n) is 10.1. The summed E-state index contributed by atoms with van der Waals surface area (Å²) in [5.41, 5.74) is 0.788. The van der Waals surface area contributed by atoms with Gasteiger partial charge in [-0.05, 0) is 12.0 Å². The number of hydrogen-bond donors (Lipinski definition) is 1. The number of amides is 1. The van der Waals surface area contributed by atoms with Crippen molar-refractivity contribution in [2.45, 2.75) is 18.6 Å². The van der Waals surface area contributed by atoms with Crippen molar-refractivity contribution in [1.29, 1.82) is 0 Å². The molecule has 0 radical (unpaired) electrons. The van der Waals surface area contributed by atoms with E-state index in [2.05, 4.69) is 5.32 Å². The van der Waals surface area contributed by atoms with Crippen LogP contribution in [0.25, 0.3) is 0 Å². The van der Waals surface area contributed by atoms with Gasteiger partial charge in [0.05, 0.1) is 6.04 Å². The molecule has 1 fully saturated rings. The summed E-state index contributed by atoms with van der Waals surface area (Å²) < 4.78 is 5.21. The highest BCUT2D eigenvalue weighted by molar-refractivity contribution is 8.14. The SMILES string of the molecule is CO[C@H](C(=O)NC1CCSC1=O)c1ccccc1. The van der Waals surface area contributed by atoms with E-state index in [0.29, 0.717) is 6.42 Å². The van der Waals surface area contributed by atoms with E-state index in [4.69, 9.17) is 4.74 Å². The Bertz CT molecular complexity index is 435. The van der Waals surface area contributed by atoms with Crippen LogP contribution in [-0.2, 0) is 14.3 Å². The maximum atomic E-state index is 12.1. The predicted molar refractivity (Wildman–Crippen MR) is 70.2 cm³/mol. The summed E-state index contributed by atoms with van der Waals surface area (Å²) in [6, 6.07) is 8.88. The molecule has 0 bridgehead atoms. The van der Waals surface area contributed by atoms with E-state index >= 15 is 0 Å². The lowest BCUT2D eigenvalue weighted by molar-refractivity contribution is -0.133. The molecule has 5 heteroatoms. The molecule has 1 amide bonds. The Morgan fingerprint density at radius 1 is 1.44 bits per heavy atom. The van der Waals surface area contributed by atoms with E-state index in [1.54, 1.807) is 0 Å². The molecule has 0 aromatic heterocycles. The number of methoxy groups -OCH3 is 1. The first-order valence-corrected chi connectivity index (χ1v) is 6.75. The van der Waals surface area contributed by atoms with Crippen LogP contribution < -0.4 is 5.32 Å². The second-order valence-corrected chi connectivity index (χ2v) is 5.14. The minimum atomic E-state index is -0.662. The summed E-state index contributed by atoms with van der Waals surface area (Å²) in [7, 11) is 1.49. The number of carbonyl (C=O) groups excluding carboxylic acids is 2. The quantitative estimate of drug-likeness (QED) is 0.897. The van der Waals surface area contributed by atoms with Gasteiger partial charge in [-0.25, -0.2) is 0 Å². The zero-order chi connectivity index (χ0) is 13.0. The van der Waals surface area contributed by atoms with Crippen molar-refractivity contribution < 1.29 is 14.3 Å². The number of hydrogen-bond acceptors (Lipinski definition) is 4. The average molecular weight is 265 g/mol. The van der Waals surface area contributed by atoms with Gasteiger partial charge in [0.2, 0.25) is 5.12 Å². The van der Waals surface area contributed by atoms with Gasteiger partial charge < -0.3 is 10.1 Å². The molecule has 1 N–H and O–H groups in total. The van der Waals surface area contributed by atoms with Crippen LogP contribution in [0.4, 0.5) is 0 Å². The molecule has 1 saturated heterocycles. The lowest BCUT2D eigenvalue weighted by Gasteiger charge is -2.17. The first kappa shape index (κ1) is 13.1. The highest BCUT2D eigenvalue weighted by atomic mass is 32.2. The van der Waals surface area contributed by atoms with Gasteiger partial charge in [-0.15, -0.1) is 0 Å². The van der Waals surface area contributed by atoms with Gasteiger partial charge in [-0.2, -0.15) is 0 Å². The van der Waals surface area contributed by atoms with Gasteiger partial charge in [0.25, 0.3) is 5.91 Å². The van der Waals surface area contributed by atoms with Crippen LogP contribution in [0.3, 0.4) is 0 Å². The monoisotopic (exact) mass is 265 g/mol. The van der Waals surface area contributed by atoms with E-state index in [9.17, 15) is 9.59 Å². The molecule has 2 atom stereocenters. The first-order chi connectivity index (χ1) is 8.72. The molecule has 96 valence electrons. The molecule has 0 aliphatic carbocycles. The molecule has 1 heterocycles. The van der Waals surface area contributed by atoms with Crippen molar-refractivity contribution in [3.63, 3.8) is 0 Å². The van der Waals surface area contributed by atoms with Gasteiger partial charge >= 0.3 is 0 Å². The first-order valence-electron chi connectivity index (χ1n) is 5.77. The Hall–Kier alpha value is -1.33. The minimum Gasteiger partial charge on any atom is -0.367 e. The number of benzene rings is 1. The summed E-state index contributed by atoms with van der Waals surface area (Å²) in [5, 5.41) is 2.78. The van der Waals surface area contributed by atoms with Crippen molar-refractivity contribution >= 4 is 22.8 Å². The molecule has 4 nitrogen and oxygen atoms in total. The van der Waals surface area contributed by atoms with Gasteiger partial charge in [0.1, 0.15) is 0 Å². The molecule has 0 saturated carbocycles. The average Bonchev–Trinajstić information content (AvgIpc) is 2.77.